The summed E-state index contributed by atoms with van der Waals surface area (Å²) in [6, 6.07) is 10.4. The van der Waals surface area contributed by atoms with Crippen molar-refractivity contribution in [2.24, 2.45) is 0 Å². The van der Waals surface area contributed by atoms with E-state index in [0.717, 1.165) is 12.1 Å². The molecule has 20 heavy (non-hydrogen) atoms. The van der Waals surface area contributed by atoms with Gasteiger partial charge >= 0.3 is 5.97 Å². The van der Waals surface area contributed by atoms with Crippen LogP contribution in [0.15, 0.2) is 48.5 Å². The lowest BCUT2D eigenvalue weighted by Crippen LogP contribution is -2.14. The minimum absolute atomic E-state index is 0.0314. The van der Waals surface area contributed by atoms with Gasteiger partial charge in [0.25, 0.3) is 0 Å². The number of rotatable bonds is 4. The topological polar surface area (TPSA) is 63.6 Å². The highest BCUT2D eigenvalue weighted by atomic mass is 19.1. The number of phenols is 1. The Morgan fingerprint density at radius 1 is 0.950 bits per heavy atom. The third-order valence-electron chi connectivity index (χ3n) is 2.60. The molecule has 102 valence electrons. The average molecular weight is 274 g/mol. The van der Waals surface area contributed by atoms with Crippen molar-refractivity contribution < 1.29 is 23.8 Å². The Labute approximate surface area is 114 Å². The molecule has 0 heterocycles. The number of benzene rings is 2. The molecule has 0 aromatic heterocycles. The fraction of sp³-hybridized carbons (Fsp3) is 0.0667. The average Bonchev–Trinajstić information content (AvgIpc) is 2.46. The molecule has 1 N–H and O–H groups in total. The predicted molar refractivity (Wildman–Crippen MR) is 69.1 cm³/mol. The van der Waals surface area contributed by atoms with Crippen molar-refractivity contribution in [3.05, 3.63) is 65.5 Å². The summed E-state index contributed by atoms with van der Waals surface area (Å²) >= 11 is 0. The third kappa shape index (κ3) is 3.41. The number of hydrogen-bond donors (Lipinski definition) is 1. The zero-order valence-corrected chi connectivity index (χ0v) is 10.4. The normalized spacial score (nSPS) is 10.1. The minimum Gasteiger partial charge on any atom is -0.508 e. The van der Waals surface area contributed by atoms with E-state index in [1.165, 1.54) is 36.4 Å². The molecule has 0 aliphatic carbocycles. The van der Waals surface area contributed by atoms with Gasteiger partial charge < -0.3 is 9.84 Å². The number of aromatic hydroxyl groups is 1. The number of hydrogen-bond acceptors (Lipinski definition) is 4. The largest absolute Gasteiger partial charge is 0.508 e. The standard InChI is InChI=1S/C15H11FO4/c16-12-5-1-10(2-6-12)14(18)9-20-15(19)11-3-7-13(17)8-4-11/h1-8,17H,9H2. The molecule has 5 heteroatoms. The second kappa shape index (κ2) is 5.97. The van der Waals surface area contributed by atoms with Crippen molar-refractivity contribution in [2.45, 2.75) is 0 Å². The monoisotopic (exact) mass is 274 g/mol. The van der Waals surface area contributed by atoms with E-state index in [1.807, 2.05) is 0 Å². The quantitative estimate of drug-likeness (QED) is 0.687. The molecule has 0 saturated heterocycles. The van der Waals surface area contributed by atoms with Crippen molar-refractivity contribution in [1.29, 1.82) is 0 Å². The highest BCUT2D eigenvalue weighted by Gasteiger charge is 2.11. The van der Waals surface area contributed by atoms with Crippen LogP contribution in [0.5, 0.6) is 5.75 Å². The highest BCUT2D eigenvalue weighted by Crippen LogP contribution is 2.11. The van der Waals surface area contributed by atoms with Gasteiger partial charge in [-0.1, -0.05) is 0 Å². The van der Waals surface area contributed by atoms with Crippen LogP contribution < -0.4 is 0 Å². The SMILES string of the molecule is O=C(COC(=O)c1ccc(O)cc1)c1ccc(F)cc1. The van der Waals surface area contributed by atoms with Crippen molar-refractivity contribution in [3.8, 4) is 5.75 Å². The fourth-order valence-electron chi connectivity index (χ4n) is 1.53. The van der Waals surface area contributed by atoms with Crippen molar-refractivity contribution in [1.82, 2.24) is 0 Å². The second-order valence-electron chi connectivity index (χ2n) is 4.05. The molecule has 0 saturated carbocycles. The maximum atomic E-state index is 12.7. The highest BCUT2D eigenvalue weighted by molar-refractivity contribution is 5.99. The molecule has 0 amide bonds. The van der Waals surface area contributed by atoms with E-state index in [2.05, 4.69) is 0 Å². The molecule has 0 unspecified atom stereocenters. The summed E-state index contributed by atoms with van der Waals surface area (Å²) in [7, 11) is 0. The maximum Gasteiger partial charge on any atom is 0.338 e. The third-order valence-corrected chi connectivity index (χ3v) is 2.60. The van der Waals surface area contributed by atoms with E-state index in [0.29, 0.717) is 0 Å². The molecular formula is C15H11FO4. The summed E-state index contributed by atoms with van der Waals surface area (Å²) in [4.78, 5) is 23.3. The van der Waals surface area contributed by atoms with E-state index in [4.69, 9.17) is 9.84 Å². The van der Waals surface area contributed by atoms with E-state index in [9.17, 15) is 14.0 Å². The number of carbonyl (C=O) groups is 2. The molecular weight excluding hydrogens is 263 g/mol. The molecule has 4 nitrogen and oxygen atoms in total. The molecule has 0 aliphatic heterocycles. The summed E-state index contributed by atoms with van der Waals surface area (Å²) < 4.78 is 17.6. The van der Waals surface area contributed by atoms with Gasteiger partial charge in [0, 0.05) is 5.56 Å². The lowest BCUT2D eigenvalue weighted by Gasteiger charge is -2.04. The van der Waals surface area contributed by atoms with Gasteiger partial charge in [-0.15, -0.1) is 0 Å². The van der Waals surface area contributed by atoms with Crippen LogP contribution in [0.3, 0.4) is 0 Å². The Balaban J connectivity index is 1.94. The first-order valence-corrected chi connectivity index (χ1v) is 5.81. The smallest absolute Gasteiger partial charge is 0.338 e. The lowest BCUT2D eigenvalue weighted by atomic mass is 10.1. The van der Waals surface area contributed by atoms with Gasteiger partial charge in [0.2, 0.25) is 0 Å². The van der Waals surface area contributed by atoms with Gasteiger partial charge in [0.1, 0.15) is 11.6 Å². The first-order valence-electron chi connectivity index (χ1n) is 5.81. The number of halogens is 1. The van der Waals surface area contributed by atoms with Gasteiger partial charge in [-0.05, 0) is 48.5 Å². The molecule has 0 radical (unpaired) electrons. The second-order valence-corrected chi connectivity index (χ2v) is 4.05. The zero-order valence-electron chi connectivity index (χ0n) is 10.4. The molecule has 2 rings (SSSR count). The summed E-state index contributed by atoms with van der Waals surface area (Å²) in [6.45, 7) is -0.425. The summed E-state index contributed by atoms with van der Waals surface area (Å²) in [5.74, 6) is -1.50. The molecule has 0 atom stereocenters. The minimum atomic E-state index is -0.666. The fourth-order valence-corrected chi connectivity index (χ4v) is 1.53. The number of phenolic OH excluding ortho intramolecular Hbond substituents is 1. The number of ketones is 1. The summed E-state index contributed by atoms with van der Waals surface area (Å²) in [5.41, 5.74) is 0.500. The van der Waals surface area contributed by atoms with Crippen LogP contribution in [0.2, 0.25) is 0 Å². The molecule has 0 fully saturated rings. The molecule has 0 aliphatic rings. The molecule has 0 spiro atoms. The van der Waals surface area contributed by atoms with E-state index in [1.54, 1.807) is 0 Å². The van der Waals surface area contributed by atoms with Crippen LogP contribution in [0.1, 0.15) is 20.7 Å². The van der Waals surface area contributed by atoms with E-state index < -0.39 is 24.2 Å². The summed E-state index contributed by atoms with van der Waals surface area (Å²) in [5, 5.41) is 9.09. The van der Waals surface area contributed by atoms with Gasteiger partial charge in [-0.25, -0.2) is 9.18 Å². The Bertz CT molecular complexity index is 560. The van der Waals surface area contributed by atoms with Crippen LogP contribution in [0, 0.1) is 5.82 Å². The molecule has 2 aromatic carbocycles. The predicted octanol–water partition coefficient (Wildman–Crippen LogP) is 2.57. The zero-order chi connectivity index (χ0) is 14.5. The molecule has 0 bridgehead atoms. The number of ether oxygens (including phenoxy) is 1. The Kier molecular flexibility index (Phi) is 4.10. The van der Waals surface area contributed by atoms with Crippen LogP contribution >= 0.6 is 0 Å². The van der Waals surface area contributed by atoms with Gasteiger partial charge in [-0.2, -0.15) is 0 Å². The van der Waals surface area contributed by atoms with Crippen molar-refractivity contribution >= 4 is 11.8 Å². The first-order chi connectivity index (χ1) is 9.56. The number of Topliss-reactive ketones (excluding diaryl/α,β-unsaturated/α-hetero) is 1. The van der Waals surface area contributed by atoms with Crippen LogP contribution in [0.25, 0.3) is 0 Å². The van der Waals surface area contributed by atoms with Gasteiger partial charge in [0.05, 0.1) is 5.56 Å². The summed E-state index contributed by atoms with van der Waals surface area (Å²) in [6.07, 6.45) is 0. The Morgan fingerprint density at radius 3 is 2.10 bits per heavy atom. The van der Waals surface area contributed by atoms with Crippen LogP contribution in [0.4, 0.5) is 4.39 Å². The molecule has 2 aromatic rings. The van der Waals surface area contributed by atoms with Crippen LogP contribution in [-0.2, 0) is 4.74 Å². The number of esters is 1. The Hall–Kier alpha value is -2.69. The lowest BCUT2D eigenvalue weighted by molar-refractivity contribution is 0.0474. The maximum absolute atomic E-state index is 12.7. The van der Waals surface area contributed by atoms with E-state index >= 15 is 0 Å². The van der Waals surface area contributed by atoms with Crippen molar-refractivity contribution in [2.75, 3.05) is 6.61 Å². The van der Waals surface area contributed by atoms with Gasteiger partial charge in [0.15, 0.2) is 12.4 Å². The number of carbonyl (C=O) groups excluding carboxylic acids is 2. The van der Waals surface area contributed by atoms with Crippen LogP contribution in [-0.4, -0.2) is 23.5 Å². The van der Waals surface area contributed by atoms with Gasteiger partial charge in [-0.3, -0.25) is 4.79 Å². The Morgan fingerprint density at radius 2 is 1.50 bits per heavy atom. The van der Waals surface area contributed by atoms with Crippen molar-refractivity contribution in [3.63, 3.8) is 0 Å². The first kappa shape index (κ1) is 13.7. The van der Waals surface area contributed by atoms with E-state index in [-0.39, 0.29) is 16.9 Å².